The van der Waals surface area contributed by atoms with Crippen molar-refractivity contribution in [1.82, 2.24) is 0 Å². The maximum absolute atomic E-state index is 11.6. The van der Waals surface area contributed by atoms with E-state index in [0.29, 0.717) is 24.4 Å². The molecule has 0 unspecified atom stereocenters. The van der Waals surface area contributed by atoms with Crippen molar-refractivity contribution >= 4 is 5.97 Å². The van der Waals surface area contributed by atoms with Crippen molar-refractivity contribution in [3.63, 3.8) is 0 Å². The van der Waals surface area contributed by atoms with Crippen molar-refractivity contribution in [2.24, 2.45) is 17.3 Å². The van der Waals surface area contributed by atoms with Crippen LogP contribution in [0.15, 0.2) is 0 Å². The van der Waals surface area contributed by atoms with Gasteiger partial charge in [0.05, 0.1) is 6.61 Å². The van der Waals surface area contributed by atoms with Crippen molar-refractivity contribution in [2.75, 3.05) is 6.61 Å². The van der Waals surface area contributed by atoms with Crippen LogP contribution in [0.1, 0.15) is 78.1 Å². The third-order valence-corrected chi connectivity index (χ3v) is 5.31. The van der Waals surface area contributed by atoms with Crippen molar-refractivity contribution in [1.29, 1.82) is 0 Å². The molecule has 19 heavy (non-hydrogen) atoms. The molecule has 110 valence electrons. The highest BCUT2D eigenvalue weighted by atomic mass is 16.5. The Morgan fingerprint density at radius 3 is 2.42 bits per heavy atom. The van der Waals surface area contributed by atoms with E-state index in [9.17, 15) is 4.79 Å². The van der Waals surface area contributed by atoms with Crippen molar-refractivity contribution in [3.8, 4) is 0 Å². The quantitative estimate of drug-likeness (QED) is 0.623. The molecule has 0 aromatic heterocycles. The lowest BCUT2D eigenvalue weighted by Gasteiger charge is -2.46. The van der Waals surface area contributed by atoms with Crippen molar-refractivity contribution in [3.05, 3.63) is 0 Å². The van der Waals surface area contributed by atoms with Crippen LogP contribution >= 0.6 is 0 Å². The summed E-state index contributed by atoms with van der Waals surface area (Å²) in [6, 6.07) is 0. The Hall–Kier alpha value is -0.530. The first-order valence-corrected chi connectivity index (χ1v) is 8.25. The minimum absolute atomic E-state index is 0.0153. The standard InChI is InChI=1S/C17H30O2/c1-14(2)4-3-5-16(18)19-13-12-17-9-6-15(7-10-17)8-11-17/h14-15H,3-13H2,1-2H3. The molecule has 2 nitrogen and oxygen atoms in total. The van der Waals surface area contributed by atoms with Gasteiger partial charge in [0.25, 0.3) is 0 Å². The van der Waals surface area contributed by atoms with Gasteiger partial charge in [0.2, 0.25) is 0 Å². The molecule has 0 aromatic rings. The Morgan fingerprint density at radius 1 is 1.21 bits per heavy atom. The molecule has 0 amide bonds. The average Bonchev–Trinajstić information content (AvgIpc) is 2.40. The van der Waals surface area contributed by atoms with E-state index < -0.39 is 0 Å². The Labute approximate surface area is 118 Å². The number of carbonyl (C=O) groups excluding carboxylic acids is 1. The van der Waals surface area contributed by atoms with Gasteiger partial charge in [-0.15, -0.1) is 0 Å². The lowest BCUT2D eigenvalue weighted by Crippen LogP contribution is -2.35. The van der Waals surface area contributed by atoms with Gasteiger partial charge >= 0.3 is 5.97 Å². The van der Waals surface area contributed by atoms with Crippen LogP contribution in [0.2, 0.25) is 0 Å². The maximum Gasteiger partial charge on any atom is 0.305 e. The van der Waals surface area contributed by atoms with Gasteiger partial charge in [-0.2, -0.15) is 0 Å². The topological polar surface area (TPSA) is 26.3 Å². The molecule has 0 N–H and O–H groups in total. The average molecular weight is 266 g/mol. The van der Waals surface area contributed by atoms with E-state index in [1.807, 2.05) is 0 Å². The highest BCUT2D eigenvalue weighted by molar-refractivity contribution is 5.69. The zero-order valence-electron chi connectivity index (χ0n) is 12.7. The number of ether oxygens (including phenoxy) is 1. The van der Waals surface area contributed by atoms with Crippen LogP contribution in [0.4, 0.5) is 0 Å². The summed E-state index contributed by atoms with van der Waals surface area (Å²) in [6.07, 6.45) is 12.2. The molecule has 0 radical (unpaired) electrons. The SMILES string of the molecule is CC(C)CCCC(=O)OCCC12CCC(CC1)CC2. The molecule has 3 rings (SSSR count). The molecule has 3 saturated carbocycles. The normalized spacial score (nSPS) is 29.7. The van der Waals surface area contributed by atoms with E-state index in [2.05, 4.69) is 13.8 Å². The van der Waals surface area contributed by atoms with E-state index >= 15 is 0 Å². The van der Waals surface area contributed by atoms with Crippen LogP contribution in [0.5, 0.6) is 0 Å². The first-order valence-electron chi connectivity index (χ1n) is 8.25. The van der Waals surface area contributed by atoms with E-state index in [-0.39, 0.29) is 5.97 Å². The third-order valence-electron chi connectivity index (χ3n) is 5.31. The van der Waals surface area contributed by atoms with Crippen LogP contribution in [-0.2, 0) is 9.53 Å². The molecule has 3 aliphatic carbocycles. The zero-order chi connectivity index (χ0) is 13.7. The summed E-state index contributed by atoms with van der Waals surface area (Å²) >= 11 is 0. The summed E-state index contributed by atoms with van der Waals surface area (Å²) in [7, 11) is 0. The molecule has 0 aromatic carbocycles. The molecule has 2 heteroatoms. The van der Waals surface area contributed by atoms with Gasteiger partial charge in [0, 0.05) is 6.42 Å². The van der Waals surface area contributed by atoms with Gasteiger partial charge in [0.15, 0.2) is 0 Å². The summed E-state index contributed by atoms with van der Waals surface area (Å²) in [4.78, 5) is 11.6. The van der Waals surface area contributed by atoms with Gasteiger partial charge in [-0.25, -0.2) is 0 Å². The fourth-order valence-electron chi connectivity index (χ4n) is 3.82. The summed E-state index contributed by atoms with van der Waals surface area (Å²) in [5.74, 6) is 1.71. The Balaban J connectivity index is 1.59. The molecule has 0 heterocycles. The Morgan fingerprint density at radius 2 is 1.84 bits per heavy atom. The van der Waals surface area contributed by atoms with E-state index in [0.717, 1.165) is 25.2 Å². The van der Waals surface area contributed by atoms with E-state index in [1.165, 1.54) is 38.5 Å². The van der Waals surface area contributed by atoms with E-state index in [4.69, 9.17) is 4.74 Å². The molecule has 3 fully saturated rings. The summed E-state index contributed by atoms with van der Waals surface area (Å²) in [5.41, 5.74) is 0.535. The molecule has 3 aliphatic rings. The summed E-state index contributed by atoms with van der Waals surface area (Å²) < 4.78 is 5.43. The van der Waals surface area contributed by atoms with Gasteiger partial charge in [-0.05, 0) is 68.6 Å². The lowest BCUT2D eigenvalue weighted by atomic mass is 9.59. The third kappa shape index (κ3) is 4.50. The molecular formula is C17H30O2. The molecular weight excluding hydrogens is 236 g/mol. The minimum atomic E-state index is 0.0153. The molecule has 0 aliphatic heterocycles. The first kappa shape index (κ1) is 14.9. The van der Waals surface area contributed by atoms with Crippen molar-refractivity contribution in [2.45, 2.75) is 78.1 Å². The fourth-order valence-corrected chi connectivity index (χ4v) is 3.82. The van der Waals surface area contributed by atoms with Crippen LogP contribution in [-0.4, -0.2) is 12.6 Å². The maximum atomic E-state index is 11.6. The van der Waals surface area contributed by atoms with Crippen LogP contribution < -0.4 is 0 Å². The minimum Gasteiger partial charge on any atom is -0.466 e. The molecule has 0 saturated heterocycles. The lowest BCUT2D eigenvalue weighted by molar-refractivity contribution is -0.145. The van der Waals surface area contributed by atoms with Crippen LogP contribution in [0.25, 0.3) is 0 Å². The number of carbonyl (C=O) groups is 1. The first-order chi connectivity index (χ1) is 9.10. The van der Waals surface area contributed by atoms with E-state index in [1.54, 1.807) is 0 Å². The summed E-state index contributed by atoms with van der Waals surface area (Å²) in [6.45, 7) is 5.05. The molecule has 0 atom stereocenters. The van der Waals surface area contributed by atoms with Crippen molar-refractivity contribution < 1.29 is 9.53 Å². The smallest absolute Gasteiger partial charge is 0.305 e. The Bertz CT molecular complexity index is 274. The van der Waals surface area contributed by atoms with Crippen LogP contribution in [0.3, 0.4) is 0 Å². The molecule has 2 bridgehead atoms. The number of hydrogen-bond donors (Lipinski definition) is 0. The fraction of sp³-hybridized carbons (Fsp3) is 0.941. The highest BCUT2D eigenvalue weighted by Crippen LogP contribution is 2.52. The van der Waals surface area contributed by atoms with Gasteiger partial charge in [-0.1, -0.05) is 20.3 Å². The zero-order valence-corrected chi connectivity index (χ0v) is 12.7. The van der Waals surface area contributed by atoms with Gasteiger partial charge in [0.1, 0.15) is 0 Å². The second-order valence-electron chi connectivity index (χ2n) is 7.24. The summed E-state index contributed by atoms with van der Waals surface area (Å²) in [5, 5.41) is 0. The molecule has 0 spiro atoms. The predicted molar refractivity (Wildman–Crippen MR) is 77.9 cm³/mol. The number of hydrogen-bond acceptors (Lipinski definition) is 2. The van der Waals surface area contributed by atoms with Gasteiger partial charge < -0.3 is 4.74 Å². The Kier molecular flexibility index (Phi) is 5.29. The highest BCUT2D eigenvalue weighted by Gasteiger charge is 2.39. The second kappa shape index (κ2) is 6.76. The predicted octanol–water partition coefficient (Wildman–Crippen LogP) is 4.72. The van der Waals surface area contributed by atoms with Gasteiger partial charge in [-0.3, -0.25) is 4.79 Å². The number of rotatable bonds is 7. The monoisotopic (exact) mass is 266 g/mol. The number of esters is 1. The largest absolute Gasteiger partial charge is 0.466 e. The van der Waals surface area contributed by atoms with Crippen LogP contribution in [0, 0.1) is 17.3 Å². The number of fused-ring (bicyclic) bond motifs is 3. The second-order valence-corrected chi connectivity index (χ2v) is 7.24.